The van der Waals surface area contributed by atoms with E-state index in [1.807, 2.05) is 12.2 Å². The van der Waals surface area contributed by atoms with Crippen LogP contribution in [-0.2, 0) is 32.7 Å². The van der Waals surface area contributed by atoms with Gasteiger partial charge >= 0.3 is 19.8 Å². The molecule has 0 aliphatic heterocycles. The number of phosphoric acid groups is 1. The summed E-state index contributed by atoms with van der Waals surface area (Å²) in [5.41, 5.74) is 5.33. The molecule has 0 saturated heterocycles. The summed E-state index contributed by atoms with van der Waals surface area (Å²) >= 11 is 0. The quantitative estimate of drug-likeness (QED) is 0.0181. The van der Waals surface area contributed by atoms with Crippen molar-refractivity contribution in [3.8, 4) is 0 Å². The van der Waals surface area contributed by atoms with Crippen molar-refractivity contribution in [2.75, 3.05) is 26.4 Å². The molecule has 0 aliphatic carbocycles. The lowest BCUT2D eigenvalue weighted by Crippen LogP contribution is -2.30. The first kappa shape index (κ1) is 54.4. The highest BCUT2D eigenvalue weighted by molar-refractivity contribution is 7.47. The molecule has 58 heavy (non-hydrogen) atoms. The Labute approximate surface area is 350 Å². The molecule has 0 aromatic carbocycles. The number of ether oxygens (including phenoxy) is 2. The summed E-state index contributed by atoms with van der Waals surface area (Å²) in [5.74, 6) is -1.15. The minimum Gasteiger partial charge on any atom is -0.462 e. The van der Waals surface area contributed by atoms with Crippen LogP contribution >= 0.6 is 7.82 Å². The maximum absolute atomic E-state index is 12.6. The van der Waals surface area contributed by atoms with Gasteiger partial charge in [0, 0.05) is 19.4 Å². The van der Waals surface area contributed by atoms with Gasteiger partial charge in [-0.2, -0.15) is 0 Å². The molecule has 3 atom stereocenters. The van der Waals surface area contributed by atoms with Gasteiger partial charge in [-0.1, -0.05) is 148 Å². The molecular weight excluding hydrogens is 753 g/mol. The normalized spacial score (nSPS) is 15.1. The lowest BCUT2D eigenvalue weighted by molar-refractivity contribution is -0.161. The van der Waals surface area contributed by atoms with Gasteiger partial charge in [0.2, 0.25) is 0 Å². The summed E-state index contributed by atoms with van der Waals surface area (Å²) in [6.45, 7) is 3.16. The number of aliphatic hydroxyl groups excluding tert-OH is 1. The van der Waals surface area contributed by atoms with Crippen LogP contribution in [0.5, 0.6) is 0 Å². The van der Waals surface area contributed by atoms with E-state index in [2.05, 4.69) is 111 Å². The lowest BCUT2D eigenvalue weighted by Gasteiger charge is -2.20. The molecule has 326 valence electrons. The monoisotopic (exact) mass is 828 g/mol. The van der Waals surface area contributed by atoms with Crippen LogP contribution in [0.4, 0.5) is 0 Å². The Morgan fingerprint density at radius 2 is 1.10 bits per heavy atom. The highest BCUT2D eigenvalue weighted by Gasteiger charge is 2.26. The Morgan fingerprint density at radius 3 is 1.64 bits per heavy atom. The topological polar surface area (TPSA) is 155 Å². The number of hydrogen-bond acceptors (Lipinski definition) is 9. The number of esters is 2. The third-order valence-corrected chi connectivity index (χ3v) is 8.94. The van der Waals surface area contributed by atoms with Crippen molar-refractivity contribution in [1.29, 1.82) is 0 Å². The van der Waals surface area contributed by atoms with Gasteiger partial charge in [-0.05, 0) is 83.5 Å². The van der Waals surface area contributed by atoms with Crippen LogP contribution in [0.3, 0.4) is 0 Å². The fourth-order valence-electron chi connectivity index (χ4n) is 4.85. The zero-order chi connectivity index (χ0) is 42.6. The Bertz CT molecular complexity index is 1370. The molecule has 0 rings (SSSR count). The zero-order valence-corrected chi connectivity index (χ0v) is 36.2. The van der Waals surface area contributed by atoms with Gasteiger partial charge in [-0.3, -0.25) is 18.6 Å². The minimum absolute atomic E-state index is 0.00617. The highest BCUT2D eigenvalue weighted by Crippen LogP contribution is 2.43. The lowest BCUT2D eigenvalue weighted by atomic mass is 10.1. The van der Waals surface area contributed by atoms with E-state index in [0.717, 1.165) is 83.5 Å². The predicted octanol–water partition coefficient (Wildman–Crippen LogP) is 11.1. The summed E-state index contributed by atoms with van der Waals surface area (Å²) < 4.78 is 32.5. The molecule has 0 fully saturated rings. The minimum atomic E-state index is -4.46. The summed E-state index contributed by atoms with van der Waals surface area (Å²) in [6, 6.07) is 0. The van der Waals surface area contributed by atoms with E-state index < -0.39 is 38.6 Å². The van der Waals surface area contributed by atoms with Gasteiger partial charge in [0.25, 0.3) is 0 Å². The summed E-state index contributed by atoms with van der Waals surface area (Å²) in [4.78, 5) is 34.9. The van der Waals surface area contributed by atoms with Crippen LogP contribution in [0, 0.1) is 0 Å². The van der Waals surface area contributed by atoms with Gasteiger partial charge < -0.3 is 25.2 Å². The summed E-state index contributed by atoms with van der Waals surface area (Å²) in [5, 5.41) is 10.3. The average molecular weight is 828 g/mol. The van der Waals surface area contributed by atoms with Gasteiger partial charge in [0.05, 0.1) is 19.3 Å². The Kier molecular flexibility index (Phi) is 38.9. The molecule has 2 unspecified atom stereocenters. The number of carbonyl (C=O) groups excluding carboxylic acids is 2. The highest BCUT2D eigenvalue weighted by atomic mass is 31.2. The smallest absolute Gasteiger partial charge is 0.462 e. The van der Waals surface area contributed by atoms with Crippen LogP contribution in [0.25, 0.3) is 0 Å². The fourth-order valence-corrected chi connectivity index (χ4v) is 5.62. The van der Waals surface area contributed by atoms with E-state index >= 15 is 0 Å². The van der Waals surface area contributed by atoms with Crippen LogP contribution < -0.4 is 5.73 Å². The number of carbonyl (C=O) groups is 2. The molecule has 0 aromatic heterocycles. The molecule has 0 heterocycles. The molecule has 0 aliphatic rings. The Morgan fingerprint density at radius 1 is 0.603 bits per heavy atom. The zero-order valence-electron chi connectivity index (χ0n) is 35.3. The van der Waals surface area contributed by atoms with Gasteiger partial charge in [0.15, 0.2) is 6.10 Å². The maximum Gasteiger partial charge on any atom is 0.472 e. The third-order valence-electron chi connectivity index (χ3n) is 7.96. The molecular formula is C47H74NO9P. The number of phosphoric ester groups is 1. The van der Waals surface area contributed by atoms with E-state index in [1.165, 1.54) is 0 Å². The molecule has 0 radical (unpaired) electrons. The third kappa shape index (κ3) is 40.6. The Hall–Kier alpha value is -3.63. The van der Waals surface area contributed by atoms with E-state index in [9.17, 15) is 24.2 Å². The molecule has 0 bridgehead atoms. The van der Waals surface area contributed by atoms with Crippen molar-refractivity contribution < 1.29 is 42.7 Å². The summed E-state index contributed by atoms with van der Waals surface area (Å²) in [7, 11) is -4.46. The van der Waals surface area contributed by atoms with Crippen molar-refractivity contribution in [2.24, 2.45) is 5.73 Å². The molecule has 0 aromatic rings. The second-order valence-corrected chi connectivity index (χ2v) is 14.7. The SMILES string of the molecule is CC/C=C\C/C=C\C/C=C\C/C=C\C/C=C\C=C/C(O)CCC(=O)O[C@H](COC(=O)CCCCCC/C=C\C/C=C\C/C=C\C/C=C\CC)COP(=O)(O)OCCN. The number of allylic oxidation sites excluding steroid dienone is 19. The number of rotatable bonds is 37. The van der Waals surface area contributed by atoms with Crippen molar-refractivity contribution in [1.82, 2.24) is 0 Å². The van der Waals surface area contributed by atoms with Crippen molar-refractivity contribution >= 4 is 19.8 Å². The van der Waals surface area contributed by atoms with E-state index in [1.54, 1.807) is 12.2 Å². The van der Waals surface area contributed by atoms with E-state index in [0.29, 0.717) is 6.42 Å². The fraction of sp³-hybridized carbons (Fsp3) is 0.532. The Balaban J connectivity index is 4.49. The second kappa shape index (κ2) is 41.5. The maximum atomic E-state index is 12.6. The van der Waals surface area contributed by atoms with E-state index in [-0.39, 0.29) is 39.0 Å². The standard InChI is InChI=1S/C47H74NO9P/c1-3-5-7-9-11-13-15-17-19-21-23-25-27-29-31-33-35-37-46(50)54-42-45(43-56-58(52,53)55-41-40-48)57-47(51)39-38-44(49)36-34-32-30-28-26-24-22-20-18-16-14-12-10-8-6-4-2/h5-8,11-14,17-20,23-26,30,32,34,36,44-45,49H,3-4,9-10,15-16,21-22,27-29,31,33,35,37-43,48H2,1-2H3,(H,52,53)/b7-5-,8-6-,13-11-,14-12-,19-17-,20-18-,25-23-,26-24-,32-30-,36-34-/t44?,45-/m1/s1. The molecule has 0 spiro atoms. The molecule has 4 N–H and O–H groups in total. The largest absolute Gasteiger partial charge is 0.472 e. The average Bonchev–Trinajstić information content (AvgIpc) is 3.21. The van der Waals surface area contributed by atoms with Crippen molar-refractivity contribution in [3.63, 3.8) is 0 Å². The first-order chi connectivity index (χ1) is 28.2. The van der Waals surface area contributed by atoms with Gasteiger partial charge in [-0.15, -0.1) is 0 Å². The first-order valence-electron chi connectivity index (χ1n) is 21.1. The first-order valence-corrected chi connectivity index (χ1v) is 22.6. The van der Waals surface area contributed by atoms with Crippen LogP contribution in [0.2, 0.25) is 0 Å². The molecule has 10 nitrogen and oxygen atoms in total. The number of hydrogen-bond donors (Lipinski definition) is 3. The van der Waals surface area contributed by atoms with Gasteiger partial charge in [0.1, 0.15) is 6.61 Å². The predicted molar refractivity (Wildman–Crippen MR) is 239 cm³/mol. The summed E-state index contributed by atoms with van der Waals surface area (Å²) in [6.07, 6.45) is 52.7. The van der Waals surface area contributed by atoms with Crippen LogP contribution in [0.1, 0.15) is 123 Å². The van der Waals surface area contributed by atoms with E-state index in [4.69, 9.17) is 24.3 Å². The second-order valence-electron chi connectivity index (χ2n) is 13.3. The number of unbranched alkanes of at least 4 members (excludes halogenated alkanes) is 4. The molecule has 0 amide bonds. The molecule has 0 saturated carbocycles. The number of aliphatic hydroxyl groups is 1. The van der Waals surface area contributed by atoms with Crippen molar-refractivity contribution in [2.45, 2.75) is 135 Å². The molecule has 11 heteroatoms. The van der Waals surface area contributed by atoms with Crippen molar-refractivity contribution in [3.05, 3.63) is 122 Å². The number of nitrogens with two attached hydrogens (primary N) is 1. The van der Waals surface area contributed by atoms with Gasteiger partial charge in [-0.25, -0.2) is 4.57 Å². The van der Waals surface area contributed by atoms with Crippen LogP contribution in [0.15, 0.2) is 122 Å². The van der Waals surface area contributed by atoms with Crippen LogP contribution in [-0.4, -0.2) is 60.5 Å².